The van der Waals surface area contributed by atoms with Crippen LogP contribution in [0.2, 0.25) is 0 Å². The minimum Gasteiger partial charge on any atom is -0.507 e. The van der Waals surface area contributed by atoms with Crippen molar-refractivity contribution in [2.45, 2.75) is 12.5 Å². The van der Waals surface area contributed by atoms with Crippen molar-refractivity contribution >= 4 is 33.7 Å². The number of carboxylic acids is 1. The third-order valence-corrected chi connectivity index (χ3v) is 5.86. The minimum absolute atomic E-state index is 0.0181. The van der Waals surface area contributed by atoms with Gasteiger partial charge in [0.1, 0.15) is 11.3 Å². The summed E-state index contributed by atoms with van der Waals surface area (Å²) in [4.78, 5) is 28.9. The van der Waals surface area contributed by atoms with E-state index >= 15 is 0 Å². The molecular formula is C27H20N2O5. The molecule has 0 radical (unpaired) electrons. The highest BCUT2D eigenvalue weighted by Crippen LogP contribution is 2.37. The van der Waals surface area contributed by atoms with Crippen molar-refractivity contribution in [1.29, 1.82) is 0 Å². The number of phenols is 1. The second-order valence-corrected chi connectivity index (χ2v) is 7.96. The van der Waals surface area contributed by atoms with Gasteiger partial charge in [-0.1, -0.05) is 54.6 Å². The largest absolute Gasteiger partial charge is 0.507 e. The average molecular weight is 452 g/mol. The van der Waals surface area contributed by atoms with Gasteiger partial charge in [0.2, 0.25) is 5.91 Å². The molecule has 0 fully saturated rings. The maximum atomic E-state index is 13.5. The second kappa shape index (κ2) is 8.71. The molecule has 168 valence electrons. The summed E-state index contributed by atoms with van der Waals surface area (Å²) in [6.45, 7) is 0.250. The predicted octanol–water partition coefficient (Wildman–Crippen LogP) is 4.83. The van der Waals surface area contributed by atoms with Crippen molar-refractivity contribution < 1.29 is 24.2 Å². The average Bonchev–Trinajstić information content (AvgIpc) is 3.33. The van der Waals surface area contributed by atoms with Gasteiger partial charge in [0, 0.05) is 17.5 Å². The van der Waals surface area contributed by atoms with E-state index in [-0.39, 0.29) is 23.8 Å². The molecule has 1 amide bonds. The van der Waals surface area contributed by atoms with Gasteiger partial charge in [-0.2, -0.15) is 0 Å². The standard InChI is InChI=1S/C27H20N2O5/c30-25-20-4-2-1-3-17(20)10-11-21(25)24(18-6-8-19(9-7-18)27(32)33)26(31)28-14-16-5-12-23-22(13-16)29-15-34-23/h1-13,15,24,30H,14H2,(H,28,31)(H,32,33). The lowest BCUT2D eigenvalue weighted by Gasteiger charge is -2.20. The Kier molecular flexibility index (Phi) is 5.43. The van der Waals surface area contributed by atoms with Crippen LogP contribution >= 0.6 is 0 Å². The lowest BCUT2D eigenvalue weighted by molar-refractivity contribution is -0.121. The molecule has 1 heterocycles. The maximum Gasteiger partial charge on any atom is 0.335 e. The van der Waals surface area contributed by atoms with Gasteiger partial charge in [-0.05, 0) is 40.8 Å². The summed E-state index contributed by atoms with van der Waals surface area (Å²) in [6, 6.07) is 22.5. The molecule has 0 aliphatic rings. The van der Waals surface area contributed by atoms with E-state index in [1.54, 1.807) is 30.3 Å². The van der Waals surface area contributed by atoms with Gasteiger partial charge in [0.25, 0.3) is 0 Å². The zero-order valence-electron chi connectivity index (χ0n) is 17.9. The number of hydrogen-bond donors (Lipinski definition) is 3. The molecule has 3 N–H and O–H groups in total. The molecule has 0 saturated carbocycles. The first-order chi connectivity index (χ1) is 16.5. The van der Waals surface area contributed by atoms with Crippen molar-refractivity contribution in [3.63, 3.8) is 0 Å². The third kappa shape index (κ3) is 3.95. The van der Waals surface area contributed by atoms with E-state index in [1.165, 1.54) is 18.5 Å². The fourth-order valence-electron chi connectivity index (χ4n) is 4.10. The molecule has 0 saturated heterocycles. The Hall–Kier alpha value is -4.65. The number of fused-ring (bicyclic) bond motifs is 2. The Balaban J connectivity index is 1.51. The van der Waals surface area contributed by atoms with Crippen molar-refractivity contribution in [3.8, 4) is 5.75 Å². The molecule has 5 aromatic rings. The quantitative estimate of drug-likeness (QED) is 0.340. The fourth-order valence-corrected chi connectivity index (χ4v) is 4.10. The first-order valence-corrected chi connectivity index (χ1v) is 10.6. The highest BCUT2D eigenvalue weighted by atomic mass is 16.4. The normalized spacial score (nSPS) is 12.0. The van der Waals surface area contributed by atoms with Crippen LogP contribution in [0.3, 0.4) is 0 Å². The number of rotatable bonds is 6. The first kappa shape index (κ1) is 21.2. The van der Waals surface area contributed by atoms with Crippen LogP contribution in [-0.4, -0.2) is 27.1 Å². The lowest BCUT2D eigenvalue weighted by Crippen LogP contribution is -2.29. The van der Waals surface area contributed by atoms with Crippen LogP contribution < -0.4 is 5.32 Å². The summed E-state index contributed by atoms with van der Waals surface area (Å²) in [5.41, 5.74) is 3.32. The Morgan fingerprint density at radius 1 is 0.971 bits per heavy atom. The van der Waals surface area contributed by atoms with Gasteiger partial charge < -0.3 is 19.9 Å². The Labute approximate surface area is 194 Å². The highest BCUT2D eigenvalue weighted by Gasteiger charge is 2.26. The zero-order valence-corrected chi connectivity index (χ0v) is 17.9. The zero-order chi connectivity index (χ0) is 23.7. The van der Waals surface area contributed by atoms with Crippen LogP contribution in [0.4, 0.5) is 0 Å². The van der Waals surface area contributed by atoms with E-state index in [0.29, 0.717) is 27.6 Å². The van der Waals surface area contributed by atoms with E-state index in [1.807, 2.05) is 36.4 Å². The number of aromatic carboxylic acids is 1. The molecule has 4 aromatic carbocycles. The molecule has 5 rings (SSSR count). The summed E-state index contributed by atoms with van der Waals surface area (Å²) in [5, 5.41) is 24.7. The van der Waals surface area contributed by atoms with Crippen LogP contribution in [0.15, 0.2) is 89.7 Å². The number of carboxylic acid groups (broad SMARTS) is 1. The van der Waals surface area contributed by atoms with Crippen molar-refractivity contribution in [2.24, 2.45) is 0 Å². The van der Waals surface area contributed by atoms with Gasteiger partial charge in [-0.25, -0.2) is 9.78 Å². The van der Waals surface area contributed by atoms with Gasteiger partial charge >= 0.3 is 5.97 Å². The number of benzene rings is 4. The molecule has 7 nitrogen and oxygen atoms in total. The van der Waals surface area contributed by atoms with Crippen molar-refractivity contribution in [3.05, 3.63) is 108 Å². The van der Waals surface area contributed by atoms with Crippen LogP contribution in [-0.2, 0) is 11.3 Å². The van der Waals surface area contributed by atoms with E-state index in [9.17, 15) is 19.8 Å². The Morgan fingerprint density at radius 3 is 2.56 bits per heavy atom. The number of amides is 1. The molecular weight excluding hydrogens is 432 g/mol. The summed E-state index contributed by atoms with van der Waals surface area (Å²) in [5.74, 6) is -2.20. The van der Waals surface area contributed by atoms with E-state index in [2.05, 4.69) is 10.3 Å². The first-order valence-electron chi connectivity index (χ1n) is 10.6. The van der Waals surface area contributed by atoms with Crippen LogP contribution in [0, 0.1) is 0 Å². The van der Waals surface area contributed by atoms with E-state index < -0.39 is 11.9 Å². The predicted molar refractivity (Wildman–Crippen MR) is 127 cm³/mol. The molecule has 0 bridgehead atoms. The molecule has 1 aromatic heterocycles. The van der Waals surface area contributed by atoms with Crippen LogP contribution in [0.1, 0.15) is 33.0 Å². The van der Waals surface area contributed by atoms with Crippen molar-refractivity contribution in [1.82, 2.24) is 10.3 Å². The third-order valence-electron chi connectivity index (χ3n) is 5.86. The summed E-state index contributed by atoms with van der Waals surface area (Å²) >= 11 is 0. The maximum absolute atomic E-state index is 13.5. The monoisotopic (exact) mass is 452 g/mol. The van der Waals surface area contributed by atoms with Crippen LogP contribution in [0.5, 0.6) is 5.75 Å². The second-order valence-electron chi connectivity index (χ2n) is 7.96. The number of carbonyl (C=O) groups excluding carboxylic acids is 1. The number of carbonyl (C=O) groups is 2. The molecule has 7 heteroatoms. The fraction of sp³-hybridized carbons (Fsp3) is 0.0741. The van der Waals surface area contributed by atoms with Crippen LogP contribution in [0.25, 0.3) is 21.9 Å². The molecule has 1 unspecified atom stereocenters. The number of aromatic nitrogens is 1. The van der Waals surface area contributed by atoms with Gasteiger partial charge in [0.05, 0.1) is 11.5 Å². The van der Waals surface area contributed by atoms with Gasteiger partial charge in [-0.15, -0.1) is 0 Å². The topological polar surface area (TPSA) is 113 Å². The molecule has 34 heavy (non-hydrogen) atoms. The molecule has 0 spiro atoms. The molecule has 0 aliphatic carbocycles. The van der Waals surface area contributed by atoms with Gasteiger partial charge in [0.15, 0.2) is 12.0 Å². The summed E-state index contributed by atoms with van der Waals surface area (Å²) in [6.07, 6.45) is 1.37. The smallest absolute Gasteiger partial charge is 0.335 e. The Bertz CT molecular complexity index is 1520. The highest BCUT2D eigenvalue weighted by molar-refractivity contribution is 5.94. The number of phenolic OH excluding ortho intramolecular Hbond substituents is 1. The van der Waals surface area contributed by atoms with Gasteiger partial charge in [-0.3, -0.25) is 4.79 Å². The number of hydrogen-bond acceptors (Lipinski definition) is 5. The molecule has 0 aliphatic heterocycles. The SMILES string of the molecule is O=C(O)c1ccc(C(C(=O)NCc2ccc3ocnc3c2)c2ccc3ccccc3c2O)cc1. The summed E-state index contributed by atoms with van der Waals surface area (Å²) < 4.78 is 5.26. The Morgan fingerprint density at radius 2 is 1.76 bits per heavy atom. The number of aromatic hydroxyl groups is 1. The number of nitrogens with zero attached hydrogens (tertiary/aromatic N) is 1. The van der Waals surface area contributed by atoms with E-state index in [4.69, 9.17) is 4.42 Å². The lowest BCUT2D eigenvalue weighted by atomic mass is 9.87. The number of nitrogens with one attached hydrogen (secondary N) is 1. The molecule has 1 atom stereocenters. The van der Waals surface area contributed by atoms with E-state index in [0.717, 1.165) is 10.9 Å². The van der Waals surface area contributed by atoms with Crippen molar-refractivity contribution in [2.75, 3.05) is 0 Å². The summed E-state index contributed by atoms with van der Waals surface area (Å²) in [7, 11) is 0. The number of oxazole rings is 1. The minimum atomic E-state index is -1.05.